The highest BCUT2D eigenvalue weighted by molar-refractivity contribution is 14.1. The summed E-state index contributed by atoms with van der Waals surface area (Å²) in [4.78, 5) is 23.8. The van der Waals surface area contributed by atoms with Crippen molar-refractivity contribution in [1.82, 2.24) is 0 Å². The van der Waals surface area contributed by atoms with Crippen LogP contribution < -0.4 is 4.74 Å². The molecule has 0 spiro atoms. The van der Waals surface area contributed by atoms with Gasteiger partial charge in [-0.05, 0) is 46.9 Å². The van der Waals surface area contributed by atoms with Gasteiger partial charge >= 0.3 is 5.97 Å². The van der Waals surface area contributed by atoms with Crippen molar-refractivity contribution in [3.05, 3.63) is 62.7 Å². The molecular formula is C15H11IO4. The van der Waals surface area contributed by atoms with Crippen LogP contribution in [0.5, 0.6) is 5.75 Å². The number of carboxylic acid groups (broad SMARTS) is 1. The second-order valence-corrected chi connectivity index (χ2v) is 5.27. The molecular weight excluding hydrogens is 371 g/mol. The number of carbonyl (C=O) groups excluding carboxylic acids is 1. The van der Waals surface area contributed by atoms with Gasteiger partial charge in [-0.1, -0.05) is 18.2 Å². The van der Waals surface area contributed by atoms with E-state index >= 15 is 0 Å². The Balaban J connectivity index is 2.57. The van der Waals surface area contributed by atoms with E-state index in [2.05, 4.69) is 22.6 Å². The van der Waals surface area contributed by atoms with Crippen LogP contribution in [0.15, 0.2) is 42.5 Å². The van der Waals surface area contributed by atoms with Crippen molar-refractivity contribution < 1.29 is 19.4 Å². The first kappa shape index (κ1) is 14.5. The third-order valence-corrected chi connectivity index (χ3v) is 3.48. The summed E-state index contributed by atoms with van der Waals surface area (Å²) in [6.07, 6.45) is 0. The molecule has 4 nitrogen and oxygen atoms in total. The lowest BCUT2D eigenvalue weighted by molar-refractivity contribution is 0.0692. The first-order valence-corrected chi connectivity index (χ1v) is 6.83. The first-order chi connectivity index (χ1) is 9.54. The highest BCUT2D eigenvalue weighted by Crippen LogP contribution is 2.25. The lowest BCUT2D eigenvalue weighted by atomic mass is 9.98. The third kappa shape index (κ3) is 2.82. The molecule has 2 aromatic carbocycles. The molecule has 0 atom stereocenters. The summed E-state index contributed by atoms with van der Waals surface area (Å²) in [7, 11) is 1.47. The second kappa shape index (κ2) is 6.04. The van der Waals surface area contributed by atoms with E-state index in [1.54, 1.807) is 24.3 Å². The van der Waals surface area contributed by atoms with Gasteiger partial charge in [0.1, 0.15) is 5.75 Å². The van der Waals surface area contributed by atoms with Crippen molar-refractivity contribution in [1.29, 1.82) is 0 Å². The van der Waals surface area contributed by atoms with Gasteiger partial charge in [-0.3, -0.25) is 4.79 Å². The topological polar surface area (TPSA) is 63.6 Å². The molecule has 0 aliphatic heterocycles. The summed E-state index contributed by atoms with van der Waals surface area (Å²) in [5, 5.41) is 9.16. The smallest absolute Gasteiger partial charge is 0.336 e. The number of ketones is 1. The molecule has 0 amide bonds. The molecule has 0 aliphatic rings. The Morgan fingerprint density at radius 2 is 1.70 bits per heavy atom. The summed E-state index contributed by atoms with van der Waals surface area (Å²) < 4.78 is 6.05. The van der Waals surface area contributed by atoms with Crippen LogP contribution in [0, 0.1) is 3.57 Å². The summed E-state index contributed by atoms with van der Waals surface area (Å²) in [5.41, 5.74) is 0.492. The van der Waals surface area contributed by atoms with E-state index in [0.717, 1.165) is 3.57 Å². The SMILES string of the molecule is COc1ccc(I)cc1C(=O)c1ccccc1C(=O)O. The summed E-state index contributed by atoms with van der Waals surface area (Å²) in [6.45, 7) is 0. The van der Waals surface area contributed by atoms with Crippen molar-refractivity contribution in [2.45, 2.75) is 0 Å². The van der Waals surface area contributed by atoms with Gasteiger partial charge < -0.3 is 9.84 Å². The highest BCUT2D eigenvalue weighted by Gasteiger charge is 2.20. The molecule has 0 unspecified atom stereocenters. The van der Waals surface area contributed by atoms with Gasteiger partial charge in [0.15, 0.2) is 5.78 Å². The monoisotopic (exact) mass is 382 g/mol. The number of aromatic carboxylic acids is 1. The molecule has 0 bridgehead atoms. The van der Waals surface area contributed by atoms with Crippen LogP contribution in [0.25, 0.3) is 0 Å². The van der Waals surface area contributed by atoms with Crippen LogP contribution in [0.4, 0.5) is 0 Å². The first-order valence-electron chi connectivity index (χ1n) is 5.75. The fourth-order valence-electron chi connectivity index (χ4n) is 1.87. The van der Waals surface area contributed by atoms with Gasteiger partial charge in [-0.2, -0.15) is 0 Å². The molecule has 102 valence electrons. The molecule has 2 aromatic rings. The molecule has 2 rings (SSSR count). The Morgan fingerprint density at radius 3 is 2.30 bits per heavy atom. The molecule has 20 heavy (non-hydrogen) atoms. The molecule has 0 heterocycles. The number of hydrogen-bond acceptors (Lipinski definition) is 3. The van der Waals surface area contributed by atoms with Crippen molar-refractivity contribution in [2.24, 2.45) is 0 Å². The largest absolute Gasteiger partial charge is 0.496 e. The zero-order chi connectivity index (χ0) is 14.7. The average molecular weight is 382 g/mol. The number of carbonyl (C=O) groups is 2. The van der Waals surface area contributed by atoms with Crippen molar-refractivity contribution in [3.8, 4) is 5.75 Å². The van der Waals surface area contributed by atoms with Gasteiger partial charge in [-0.15, -0.1) is 0 Å². The summed E-state index contributed by atoms with van der Waals surface area (Å²) in [5.74, 6) is -1.06. The minimum atomic E-state index is -1.13. The predicted molar refractivity (Wildman–Crippen MR) is 82.5 cm³/mol. The van der Waals surface area contributed by atoms with Crippen LogP contribution >= 0.6 is 22.6 Å². The van der Waals surface area contributed by atoms with Gasteiger partial charge in [0.05, 0.1) is 18.2 Å². The quantitative estimate of drug-likeness (QED) is 0.652. The van der Waals surface area contributed by atoms with E-state index in [-0.39, 0.29) is 16.9 Å². The van der Waals surface area contributed by atoms with E-state index in [1.165, 1.54) is 19.2 Å². The second-order valence-electron chi connectivity index (χ2n) is 4.02. The molecule has 0 saturated carbocycles. The maximum absolute atomic E-state index is 12.6. The lowest BCUT2D eigenvalue weighted by Crippen LogP contribution is -2.10. The molecule has 5 heteroatoms. The number of rotatable bonds is 4. The average Bonchev–Trinajstić information content (AvgIpc) is 2.46. The maximum Gasteiger partial charge on any atom is 0.336 e. The fourth-order valence-corrected chi connectivity index (χ4v) is 2.36. The number of carboxylic acids is 1. The Morgan fingerprint density at radius 1 is 1.05 bits per heavy atom. The number of benzene rings is 2. The number of hydrogen-bond donors (Lipinski definition) is 1. The van der Waals surface area contributed by atoms with E-state index in [9.17, 15) is 9.59 Å². The Bertz CT molecular complexity index is 679. The molecule has 0 saturated heterocycles. The van der Waals surface area contributed by atoms with Crippen LogP contribution in [-0.4, -0.2) is 24.0 Å². The summed E-state index contributed by atoms with van der Waals surface area (Å²) >= 11 is 2.09. The third-order valence-electron chi connectivity index (χ3n) is 2.81. The summed E-state index contributed by atoms with van der Waals surface area (Å²) in [6, 6.07) is 11.3. The van der Waals surface area contributed by atoms with E-state index in [1.807, 2.05) is 6.07 Å². The van der Waals surface area contributed by atoms with Crippen LogP contribution in [0.1, 0.15) is 26.3 Å². The van der Waals surface area contributed by atoms with Gasteiger partial charge in [0, 0.05) is 9.13 Å². The van der Waals surface area contributed by atoms with Crippen molar-refractivity contribution in [2.75, 3.05) is 7.11 Å². The molecule has 0 aliphatic carbocycles. The maximum atomic E-state index is 12.6. The molecule has 0 radical (unpaired) electrons. The van der Waals surface area contributed by atoms with E-state index in [4.69, 9.17) is 9.84 Å². The highest BCUT2D eigenvalue weighted by atomic mass is 127. The Hall–Kier alpha value is -1.89. The van der Waals surface area contributed by atoms with Crippen molar-refractivity contribution in [3.63, 3.8) is 0 Å². The van der Waals surface area contributed by atoms with E-state index < -0.39 is 5.97 Å². The lowest BCUT2D eigenvalue weighted by Gasteiger charge is -2.10. The zero-order valence-electron chi connectivity index (χ0n) is 10.6. The molecule has 0 fully saturated rings. The molecule has 0 aromatic heterocycles. The minimum absolute atomic E-state index is 0.0154. The fraction of sp³-hybridized carbons (Fsp3) is 0.0667. The Labute approximate surface area is 129 Å². The van der Waals surface area contributed by atoms with Crippen LogP contribution in [-0.2, 0) is 0 Å². The van der Waals surface area contributed by atoms with Gasteiger partial charge in [0.2, 0.25) is 0 Å². The number of halogens is 1. The van der Waals surface area contributed by atoms with Crippen LogP contribution in [0.3, 0.4) is 0 Å². The van der Waals surface area contributed by atoms with Crippen LogP contribution in [0.2, 0.25) is 0 Å². The normalized spacial score (nSPS) is 10.1. The van der Waals surface area contributed by atoms with E-state index in [0.29, 0.717) is 11.3 Å². The zero-order valence-corrected chi connectivity index (χ0v) is 12.7. The minimum Gasteiger partial charge on any atom is -0.496 e. The molecule has 1 N–H and O–H groups in total. The van der Waals surface area contributed by atoms with Gasteiger partial charge in [0.25, 0.3) is 0 Å². The van der Waals surface area contributed by atoms with Gasteiger partial charge in [-0.25, -0.2) is 4.79 Å². The number of ether oxygens (including phenoxy) is 1. The standard InChI is InChI=1S/C15H11IO4/c1-20-13-7-6-9(16)8-12(13)14(17)10-4-2-3-5-11(10)15(18)19/h2-8H,1H3,(H,18,19). The Kier molecular flexibility index (Phi) is 4.39. The predicted octanol–water partition coefficient (Wildman–Crippen LogP) is 3.23. The van der Waals surface area contributed by atoms with Crippen molar-refractivity contribution >= 4 is 34.3 Å². The number of methoxy groups -OCH3 is 1.